The van der Waals surface area contributed by atoms with Crippen LogP contribution in [0.2, 0.25) is 0 Å². The topological polar surface area (TPSA) is 33.0 Å². The van der Waals surface area contributed by atoms with Gasteiger partial charge in [-0.15, -0.1) is 0 Å². The Kier molecular flexibility index (Phi) is 2.22. The highest BCUT2D eigenvalue weighted by Crippen LogP contribution is 2.32. The molecule has 0 atom stereocenters. The van der Waals surface area contributed by atoms with E-state index in [0.29, 0.717) is 13.2 Å². The van der Waals surface area contributed by atoms with Crippen LogP contribution in [0.3, 0.4) is 0 Å². The Bertz CT molecular complexity index is 454. The van der Waals surface area contributed by atoms with E-state index < -0.39 is 0 Å². The van der Waals surface area contributed by atoms with Crippen molar-refractivity contribution in [2.45, 2.75) is 25.7 Å². The highest BCUT2D eigenvalue weighted by molar-refractivity contribution is 5.36. The van der Waals surface area contributed by atoms with Crippen molar-refractivity contribution >= 4 is 0 Å². The van der Waals surface area contributed by atoms with Crippen molar-refractivity contribution in [2.24, 2.45) is 5.41 Å². The Morgan fingerprint density at radius 2 is 2.06 bits per heavy atom. The quantitative estimate of drug-likeness (QED) is 0.755. The highest BCUT2D eigenvalue weighted by atomic mass is 16.5. The summed E-state index contributed by atoms with van der Waals surface area (Å²) in [6.45, 7) is 1.20. The van der Waals surface area contributed by atoms with E-state index in [9.17, 15) is 0 Å². The molecule has 1 saturated heterocycles. The van der Waals surface area contributed by atoms with Gasteiger partial charge in [0.1, 0.15) is 5.41 Å². The maximum Gasteiger partial charge on any atom is 0.108 e. The van der Waals surface area contributed by atoms with Crippen LogP contribution in [-0.2, 0) is 24.0 Å². The predicted octanol–water partition coefficient (Wildman–Crippen LogP) is 2.26. The monoisotopic (exact) mass is 213 g/mol. The van der Waals surface area contributed by atoms with E-state index in [-0.39, 0.29) is 5.41 Å². The molecule has 3 rings (SSSR count). The second-order valence-corrected chi connectivity index (χ2v) is 5.02. The van der Waals surface area contributed by atoms with Crippen LogP contribution in [-0.4, -0.2) is 13.2 Å². The van der Waals surface area contributed by atoms with Gasteiger partial charge in [0, 0.05) is 0 Å². The Hall–Kier alpha value is -1.33. The van der Waals surface area contributed by atoms with Crippen LogP contribution in [0.1, 0.15) is 23.1 Å². The summed E-state index contributed by atoms with van der Waals surface area (Å²) < 4.78 is 5.17. The molecule has 1 aliphatic heterocycles. The third kappa shape index (κ3) is 1.52. The Balaban J connectivity index is 1.83. The fourth-order valence-corrected chi connectivity index (χ4v) is 2.68. The Labute approximate surface area is 95.8 Å². The standard InChI is InChI=1S/C14H15NO/c15-8-14(9-16-10-14)7-11-4-5-12-2-1-3-13(12)6-11/h4-6H,1-3,7,9-10H2. The van der Waals surface area contributed by atoms with Crippen molar-refractivity contribution in [2.75, 3.05) is 13.2 Å². The van der Waals surface area contributed by atoms with Gasteiger partial charge < -0.3 is 4.74 Å². The molecule has 0 unspecified atom stereocenters. The smallest absolute Gasteiger partial charge is 0.108 e. The predicted molar refractivity (Wildman–Crippen MR) is 61.0 cm³/mol. The first-order valence-corrected chi connectivity index (χ1v) is 5.91. The molecule has 82 valence electrons. The minimum atomic E-state index is -0.243. The molecule has 16 heavy (non-hydrogen) atoms. The van der Waals surface area contributed by atoms with Gasteiger partial charge >= 0.3 is 0 Å². The molecule has 1 fully saturated rings. The number of nitrogens with zero attached hydrogens (tertiary/aromatic N) is 1. The molecule has 0 amide bonds. The molecule has 2 aliphatic rings. The minimum absolute atomic E-state index is 0.243. The van der Waals surface area contributed by atoms with E-state index in [0.717, 1.165) is 6.42 Å². The van der Waals surface area contributed by atoms with Crippen LogP contribution < -0.4 is 0 Å². The number of aryl methyl sites for hydroxylation is 2. The summed E-state index contributed by atoms with van der Waals surface area (Å²) in [6, 6.07) is 9.12. The van der Waals surface area contributed by atoms with Gasteiger partial charge in [-0.25, -0.2) is 0 Å². The third-order valence-electron chi connectivity index (χ3n) is 3.70. The first kappa shape index (κ1) is 9.86. The van der Waals surface area contributed by atoms with Crippen LogP contribution >= 0.6 is 0 Å². The zero-order chi connectivity index (χ0) is 11.0. The second-order valence-electron chi connectivity index (χ2n) is 5.02. The minimum Gasteiger partial charge on any atom is -0.378 e. The second kappa shape index (κ2) is 3.61. The van der Waals surface area contributed by atoms with E-state index in [1.54, 1.807) is 0 Å². The average Bonchev–Trinajstić information content (AvgIpc) is 2.70. The van der Waals surface area contributed by atoms with Gasteiger partial charge in [0.05, 0.1) is 19.3 Å². The highest BCUT2D eigenvalue weighted by Gasteiger charge is 2.39. The third-order valence-corrected chi connectivity index (χ3v) is 3.70. The average molecular weight is 213 g/mol. The van der Waals surface area contributed by atoms with Crippen molar-refractivity contribution in [1.82, 2.24) is 0 Å². The normalized spacial score (nSPS) is 20.9. The van der Waals surface area contributed by atoms with Gasteiger partial charge in [-0.1, -0.05) is 18.2 Å². The van der Waals surface area contributed by atoms with Crippen molar-refractivity contribution in [3.05, 3.63) is 34.9 Å². The molecule has 2 heteroatoms. The fraction of sp³-hybridized carbons (Fsp3) is 0.500. The van der Waals surface area contributed by atoms with Gasteiger partial charge in [-0.3, -0.25) is 0 Å². The van der Waals surface area contributed by atoms with Crippen molar-refractivity contribution in [3.63, 3.8) is 0 Å². The maximum absolute atomic E-state index is 9.16. The van der Waals surface area contributed by atoms with Crippen molar-refractivity contribution < 1.29 is 4.74 Å². The molecular weight excluding hydrogens is 198 g/mol. The van der Waals surface area contributed by atoms with E-state index >= 15 is 0 Å². The van der Waals surface area contributed by atoms with E-state index in [1.807, 2.05) is 0 Å². The molecule has 2 nitrogen and oxygen atoms in total. The maximum atomic E-state index is 9.16. The SMILES string of the molecule is N#CC1(Cc2ccc3c(c2)CCC3)COC1. The molecule has 1 aromatic carbocycles. The zero-order valence-corrected chi connectivity index (χ0v) is 9.33. The number of ether oxygens (including phenoxy) is 1. The van der Waals surface area contributed by atoms with Crippen LogP contribution in [0.4, 0.5) is 0 Å². The largest absolute Gasteiger partial charge is 0.378 e. The van der Waals surface area contributed by atoms with Gasteiger partial charge in [0.15, 0.2) is 0 Å². The molecule has 0 saturated carbocycles. The molecular formula is C14H15NO. The van der Waals surface area contributed by atoms with E-state index in [2.05, 4.69) is 24.3 Å². The van der Waals surface area contributed by atoms with Gasteiger partial charge in [0.25, 0.3) is 0 Å². The number of benzene rings is 1. The van der Waals surface area contributed by atoms with Gasteiger partial charge in [0.2, 0.25) is 0 Å². The Morgan fingerprint density at radius 1 is 1.25 bits per heavy atom. The summed E-state index contributed by atoms with van der Waals surface area (Å²) in [7, 11) is 0. The molecule has 0 N–H and O–H groups in total. The molecule has 1 heterocycles. The summed E-state index contributed by atoms with van der Waals surface area (Å²) in [5.74, 6) is 0. The van der Waals surface area contributed by atoms with E-state index in [1.165, 1.54) is 36.0 Å². The first-order valence-electron chi connectivity index (χ1n) is 5.91. The zero-order valence-electron chi connectivity index (χ0n) is 9.33. The van der Waals surface area contributed by atoms with Gasteiger partial charge in [-0.05, 0) is 42.4 Å². The molecule has 0 aromatic heterocycles. The van der Waals surface area contributed by atoms with Gasteiger partial charge in [-0.2, -0.15) is 5.26 Å². The summed E-state index contributed by atoms with van der Waals surface area (Å²) >= 11 is 0. The first-order chi connectivity index (χ1) is 7.81. The number of hydrogen-bond acceptors (Lipinski definition) is 2. The Morgan fingerprint density at radius 3 is 2.75 bits per heavy atom. The number of rotatable bonds is 2. The van der Waals surface area contributed by atoms with Crippen molar-refractivity contribution in [1.29, 1.82) is 5.26 Å². The van der Waals surface area contributed by atoms with Crippen LogP contribution in [0, 0.1) is 16.7 Å². The van der Waals surface area contributed by atoms with Crippen LogP contribution in [0.25, 0.3) is 0 Å². The summed E-state index contributed by atoms with van der Waals surface area (Å²) in [5.41, 5.74) is 4.04. The van der Waals surface area contributed by atoms with Crippen LogP contribution in [0.5, 0.6) is 0 Å². The number of hydrogen-bond donors (Lipinski definition) is 0. The molecule has 0 bridgehead atoms. The molecule has 0 radical (unpaired) electrons. The fourth-order valence-electron chi connectivity index (χ4n) is 2.68. The molecule has 0 spiro atoms. The number of nitriles is 1. The number of fused-ring (bicyclic) bond motifs is 1. The summed E-state index contributed by atoms with van der Waals surface area (Å²) in [5, 5.41) is 9.16. The lowest BCUT2D eigenvalue weighted by molar-refractivity contribution is -0.0765. The van der Waals surface area contributed by atoms with Crippen molar-refractivity contribution in [3.8, 4) is 6.07 Å². The van der Waals surface area contributed by atoms with E-state index in [4.69, 9.17) is 10.00 Å². The lowest BCUT2D eigenvalue weighted by atomic mass is 9.81. The summed E-state index contributed by atoms with van der Waals surface area (Å²) in [4.78, 5) is 0. The lowest BCUT2D eigenvalue weighted by Crippen LogP contribution is -2.43. The lowest BCUT2D eigenvalue weighted by Gasteiger charge is -2.35. The van der Waals surface area contributed by atoms with Crippen LogP contribution in [0.15, 0.2) is 18.2 Å². The summed E-state index contributed by atoms with van der Waals surface area (Å²) in [6.07, 6.45) is 4.56. The molecule has 1 aromatic rings. The molecule has 1 aliphatic carbocycles.